The fourth-order valence-electron chi connectivity index (χ4n) is 2.17. The first-order valence-electron chi connectivity index (χ1n) is 6.96. The molecular weight excluding hydrogens is 321 g/mol. The number of hydrogen-bond acceptors (Lipinski definition) is 4. The highest BCUT2D eigenvalue weighted by molar-refractivity contribution is 6.30. The van der Waals surface area contributed by atoms with Gasteiger partial charge in [-0.15, -0.1) is 0 Å². The van der Waals surface area contributed by atoms with Gasteiger partial charge in [-0.2, -0.15) is 0 Å². The highest BCUT2D eigenvalue weighted by Crippen LogP contribution is 2.28. The molecule has 23 heavy (non-hydrogen) atoms. The number of nitro benzene ring substituents is 1. The number of nitro groups is 1. The smallest absolute Gasteiger partial charge is 0.293 e. The molecule has 0 aliphatic carbocycles. The van der Waals surface area contributed by atoms with Crippen molar-refractivity contribution in [2.75, 3.05) is 19.4 Å². The fourth-order valence-corrected chi connectivity index (χ4v) is 2.34. The van der Waals surface area contributed by atoms with Crippen LogP contribution in [-0.2, 0) is 13.1 Å². The van der Waals surface area contributed by atoms with Crippen molar-refractivity contribution in [2.45, 2.75) is 13.1 Å². The Balaban J connectivity index is 2.12. The summed E-state index contributed by atoms with van der Waals surface area (Å²) in [6.07, 6.45) is 0. The molecule has 0 unspecified atom stereocenters. The molecule has 0 fully saturated rings. The lowest BCUT2D eigenvalue weighted by atomic mass is 10.1. The second-order valence-corrected chi connectivity index (χ2v) is 5.87. The van der Waals surface area contributed by atoms with Crippen molar-refractivity contribution in [3.05, 3.63) is 68.5 Å². The van der Waals surface area contributed by atoms with Crippen LogP contribution < -0.4 is 5.32 Å². The minimum Gasteiger partial charge on any atom is -0.375 e. The summed E-state index contributed by atoms with van der Waals surface area (Å²) in [6, 6.07) is 9.35. The Bertz CT molecular complexity index is 722. The van der Waals surface area contributed by atoms with E-state index >= 15 is 0 Å². The summed E-state index contributed by atoms with van der Waals surface area (Å²) >= 11 is 5.77. The number of benzene rings is 2. The van der Waals surface area contributed by atoms with Crippen LogP contribution in [0.3, 0.4) is 0 Å². The molecule has 0 aliphatic rings. The van der Waals surface area contributed by atoms with Gasteiger partial charge in [0.05, 0.1) is 4.92 Å². The third kappa shape index (κ3) is 4.64. The molecule has 0 heterocycles. The maximum absolute atomic E-state index is 14.0. The van der Waals surface area contributed by atoms with E-state index in [0.29, 0.717) is 28.4 Å². The molecule has 0 saturated carbocycles. The quantitative estimate of drug-likeness (QED) is 0.638. The molecule has 0 radical (unpaired) electrons. The van der Waals surface area contributed by atoms with Gasteiger partial charge in [0.2, 0.25) is 0 Å². The van der Waals surface area contributed by atoms with E-state index in [2.05, 4.69) is 5.32 Å². The molecule has 0 bridgehead atoms. The molecule has 7 heteroatoms. The van der Waals surface area contributed by atoms with Crippen LogP contribution in [0.25, 0.3) is 0 Å². The number of nitrogens with zero attached hydrogens (tertiary/aromatic N) is 2. The zero-order valence-corrected chi connectivity index (χ0v) is 13.6. The summed E-state index contributed by atoms with van der Waals surface area (Å²) in [5, 5.41) is 14.3. The van der Waals surface area contributed by atoms with Crippen molar-refractivity contribution >= 4 is 23.0 Å². The summed E-state index contributed by atoms with van der Waals surface area (Å²) in [5.41, 5.74) is 1.55. The molecule has 2 aromatic carbocycles. The van der Waals surface area contributed by atoms with Crippen LogP contribution in [0.15, 0.2) is 36.4 Å². The summed E-state index contributed by atoms with van der Waals surface area (Å²) in [4.78, 5) is 12.4. The van der Waals surface area contributed by atoms with Crippen LogP contribution in [0.5, 0.6) is 0 Å². The van der Waals surface area contributed by atoms with Gasteiger partial charge in [0.15, 0.2) is 0 Å². The largest absolute Gasteiger partial charge is 0.375 e. The Morgan fingerprint density at radius 3 is 2.61 bits per heavy atom. The van der Waals surface area contributed by atoms with Crippen molar-refractivity contribution < 1.29 is 9.31 Å². The second-order valence-electron chi connectivity index (χ2n) is 5.44. The second kappa shape index (κ2) is 7.39. The summed E-state index contributed by atoms with van der Waals surface area (Å²) in [6.45, 7) is 0.795. The Morgan fingerprint density at radius 1 is 1.26 bits per heavy atom. The molecule has 0 saturated heterocycles. The fraction of sp³-hybridized carbons (Fsp3) is 0.250. The van der Waals surface area contributed by atoms with Gasteiger partial charge in [0.1, 0.15) is 11.5 Å². The predicted molar refractivity (Wildman–Crippen MR) is 89.2 cm³/mol. The van der Waals surface area contributed by atoms with Gasteiger partial charge in [-0.1, -0.05) is 23.7 Å². The molecule has 5 nitrogen and oxygen atoms in total. The van der Waals surface area contributed by atoms with Gasteiger partial charge in [-0.05, 0) is 37.9 Å². The van der Waals surface area contributed by atoms with E-state index in [4.69, 9.17) is 11.6 Å². The minimum absolute atomic E-state index is 0.109. The van der Waals surface area contributed by atoms with Crippen LogP contribution in [-0.4, -0.2) is 23.9 Å². The lowest BCUT2D eigenvalue weighted by Crippen LogP contribution is -2.12. The van der Waals surface area contributed by atoms with Gasteiger partial charge < -0.3 is 10.2 Å². The SMILES string of the molecule is CN(C)Cc1ccc(CNc2ccc(Cl)cc2[N+](=O)[O-])cc1F. The third-order valence-electron chi connectivity index (χ3n) is 3.24. The molecular formula is C16H17ClFN3O2. The van der Waals surface area contributed by atoms with Crippen molar-refractivity contribution in [2.24, 2.45) is 0 Å². The average molecular weight is 338 g/mol. The molecule has 2 rings (SSSR count). The van der Waals surface area contributed by atoms with Gasteiger partial charge in [0, 0.05) is 29.7 Å². The molecule has 0 spiro atoms. The standard InChI is InChI=1S/C16H17ClFN3O2/c1-20(2)10-12-4-3-11(7-14(12)18)9-19-15-6-5-13(17)8-16(15)21(22)23/h3-8,19H,9-10H2,1-2H3. The van der Waals surface area contributed by atoms with E-state index in [1.54, 1.807) is 18.2 Å². The van der Waals surface area contributed by atoms with Crippen LogP contribution in [0, 0.1) is 15.9 Å². The number of anilines is 1. The van der Waals surface area contributed by atoms with Crippen LogP contribution >= 0.6 is 11.6 Å². The number of rotatable bonds is 6. The van der Waals surface area contributed by atoms with Gasteiger partial charge in [-0.25, -0.2) is 4.39 Å². The van der Waals surface area contributed by atoms with Crippen LogP contribution in [0.4, 0.5) is 15.8 Å². The molecule has 122 valence electrons. The minimum atomic E-state index is -0.505. The Kier molecular flexibility index (Phi) is 5.52. The van der Waals surface area contributed by atoms with E-state index in [0.717, 1.165) is 0 Å². The number of halogens is 2. The van der Waals surface area contributed by atoms with Crippen LogP contribution in [0.1, 0.15) is 11.1 Å². The van der Waals surface area contributed by atoms with E-state index in [1.165, 1.54) is 18.2 Å². The number of nitrogens with one attached hydrogen (secondary N) is 1. The van der Waals surface area contributed by atoms with Gasteiger partial charge >= 0.3 is 0 Å². The normalized spacial score (nSPS) is 10.8. The summed E-state index contributed by atoms with van der Waals surface area (Å²) < 4.78 is 14.0. The zero-order valence-electron chi connectivity index (χ0n) is 12.8. The summed E-state index contributed by atoms with van der Waals surface area (Å²) in [5.74, 6) is -0.288. The highest BCUT2D eigenvalue weighted by atomic mass is 35.5. The van der Waals surface area contributed by atoms with E-state index in [-0.39, 0.29) is 18.0 Å². The molecule has 0 aliphatic heterocycles. The van der Waals surface area contributed by atoms with E-state index < -0.39 is 4.92 Å². The summed E-state index contributed by atoms with van der Waals surface area (Å²) in [7, 11) is 3.74. The van der Waals surface area contributed by atoms with Crippen LogP contribution in [0.2, 0.25) is 5.02 Å². The molecule has 0 atom stereocenters. The lowest BCUT2D eigenvalue weighted by Gasteiger charge is -2.12. The highest BCUT2D eigenvalue weighted by Gasteiger charge is 2.14. The van der Waals surface area contributed by atoms with E-state index in [1.807, 2.05) is 19.0 Å². The van der Waals surface area contributed by atoms with Gasteiger partial charge in [-0.3, -0.25) is 10.1 Å². The molecule has 0 aromatic heterocycles. The Morgan fingerprint density at radius 2 is 2.00 bits per heavy atom. The monoisotopic (exact) mass is 337 g/mol. The van der Waals surface area contributed by atoms with Crippen molar-refractivity contribution in [1.82, 2.24) is 4.90 Å². The van der Waals surface area contributed by atoms with Crippen molar-refractivity contribution in [1.29, 1.82) is 0 Å². The van der Waals surface area contributed by atoms with E-state index in [9.17, 15) is 14.5 Å². The topological polar surface area (TPSA) is 58.4 Å². The molecule has 0 amide bonds. The van der Waals surface area contributed by atoms with Gasteiger partial charge in [0.25, 0.3) is 5.69 Å². The lowest BCUT2D eigenvalue weighted by molar-refractivity contribution is -0.383. The first kappa shape index (κ1) is 17.2. The third-order valence-corrected chi connectivity index (χ3v) is 3.48. The maximum atomic E-state index is 14.0. The van der Waals surface area contributed by atoms with Crippen molar-refractivity contribution in [3.8, 4) is 0 Å². The first-order valence-corrected chi connectivity index (χ1v) is 7.34. The average Bonchev–Trinajstić information content (AvgIpc) is 2.48. The zero-order chi connectivity index (χ0) is 17.0. The maximum Gasteiger partial charge on any atom is 0.293 e. The Labute approximate surface area is 138 Å². The predicted octanol–water partition coefficient (Wildman–Crippen LogP) is 4.06. The Hall–Kier alpha value is -2.18. The first-order chi connectivity index (χ1) is 10.9. The molecule has 1 N–H and O–H groups in total. The van der Waals surface area contributed by atoms with Crippen molar-refractivity contribution in [3.63, 3.8) is 0 Å². The molecule has 2 aromatic rings. The number of hydrogen-bond donors (Lipinski definition) is 1.